The highest BCUT2D eigenvalue weighted by molar-refractivity contribution is 6.32. The zero-order valence-electron chi connectivity index (χ0n) is 13.0. The third-order valence-corrected chi connectivity index (χ3v) is 4.68. The Morgan fingerprint density at radius 1 is 1.00 bits per heavy atom. The fraction of sp³-hybridized carbons (Fsp3) is 0.167. The number of anilines is 2. The van der Waals surface area contributed by atoms with E-state index in [0.717, 1.165) is 4.90 Å². The molecule has 0 aromatic heterocycles. The maximum Gasteiger partial charge on any atom is 0.337 e. The second-order valence-electron chi connectivity index (χ2n) is 5.92. The van der Waals surface area contributed by atoms with Gasteiger partial charge in [-0.05, 0) is 48.5 Å². The number of ether oxygens (including phenoxy) is 1. The molecule has 2 aliphatic heterocycles. The first kappa shape index (κ1) is 15.6. The molecule has 0 unspecified atom stereocenters. The molecule has 0 atom stereocenters. The van der Waals surface area contributed by atoms with Crippen molar-refractivity contribution in [1.29, 1.82) is 5.26 Å². The van der Waals surface area contributed by atoms with Gasteiger partial charge in [0.15, 0.2) is 5.54 Å². The SMILES string of the molecule is N#Cc1ccc(N2C(=O)N(c3ccc(Cl)cc3)C3(COC3)C2=O)cc1. The van der Waals surface area contributed by atoms with Gasteiger partial charge in [0.25, 0.3) is 5.91 Å². The molecule has 2 aromatic carbocycles. The number of amides is 3. The van der Waals surface area contributed by atoms with Gasteiger partial charge >= 0.3 is 6.03 Å². The number of rotatable bonds is 2. The quantitative estimate of drug-likeness (QED) is 0.778. The number of imide groups is 1. The molecule has 6 nitrogen and oxygen atoms in total. The highest BCUT2D eigenvalue weighted by Crippen LogP contribution is 2.40. The van der Waals surface area contributed by atoms with Gasteiger partial charge in [0.05, 0.1) is 30.5 Å². The first-order chi connectivity index (χ1) is 12.1. The molecule has 25 heavy (non-hydrogen) atoms. The van der Waals surface area contributed by atoms with Gasteiger partial charge in [-0.25, -0.2) is 9.69 Å². The predicted molar refractivity (Wildman–Crippen MR) is 91.5 cm³/mol. The van der Waals surface area contributed by atoms with Crippen LogP contribution in [0.1, 0.15) is 5.56 Å². The largest absolute Gasteiger partial charge is 0.375 e. The molecular formula is C18H12ClN3O3. The molecule has 124 valence electrons. The lowest BCUT2D eigenvalue weighted by molar-refractivity contribution is -0.136. The predicted octanol–water partition coefficient (Wildman–Crippen LogP) is 2.95. The number of halogens is 1. The number of nitrogens with zero attached hydrogens (tertiary/aromatic N) is 3. The number of carbonyl (C=O) groups excluding carboxylic acids is 2. The highest BCUT2D eigenvalue weighted by atomic mass is 35.5. The van der Waals surface area contributed by atoms with Gasteiger partial charge in [-0.3, -0.25) is 9.69 Å². The summed E-state index contributed by atoms with van der Waals surface area (Å²) < 4.78 is 5.26. The molecule has 3 amide bonds. The lowest BCUT2D eigenvalue weighted by Crippen LogP contribution is -2.64. The fourth-order valence-electron chi connectivity index (χ4n) is 3.08. The Morgan fingerprint density at radius 2 is 1.60 bits per heavy atom. The van der Waals surface area contributed by atoms with Crippen molar-refractivity contribution in [3.8, 4) is 6.07 Å². The minimum absolute atomic E-state index is 0.146. The Bertz CT molecular complexity index is 899. The molecule has 0 N–H and O–H groups in total. The molecule has 2 fully saturated rings. The van der Waals surface area contributed by atoms with Crippen molar-refractivity contribution in [1.82, 2.24) is 0 Å². The van der Waals surface area contributed by atoms with Crippen LogP contribution in [0.4, 0.5) is 16.2 Å². The number of benzene rings is 2. The van der Waals surface area contributed by atoms with E-state index in [9.17, 15) is 9.59 Å². The second-order valence-corrected chi connectivity index (χ2v) is 6.35. The van der Waals surface area contributed by atoms with Crippen molar-refractivity contribution in [2.75, 3.05) is 23.0 Å². The minimum atomic E-state index is -1.03. The molecular weight excluding hydrogens is 342 g/mol. The summed E-state index contributed by atoms with van der Waals surface area (Å²) in [6.07, 6.45) is 0. The van der Waals surface area contributed by atoms with Crippen molar-refractivity contribution in [3.63, 3.8) is 0 Å². The molecule has 2 heterocycles. The molecule has 2 aliphatic rings. The average Bonchev–Trinajstić information content (AvgIpc) is 2.83. The van der Waals surface area contributed by atoms with E-state index >= 15 is 0 Å². The zero-order valence-corrected chi connectivity index (χ0v) is 13.7. The van der Waals surface area contributed by atoms with Gasteiger partial charge < -0.3 is 4.74 Å². The molecule has 1 spiro atoms. The molecule has 7 heteroatoms. The van der Waals surface area contributed by atoms with E-state index in [1.807, 2.05) is 6.07 Å². The van der Waals surface area contributed by atoms with E-state index in [0.29, 0.717) is 22.0 Å². The molecule has 2 aromatic rings. The van der Waals surface area contributed by atoms with Crippen LogP contribution in [0.15, 0.2) is 48.5 Å². The van der Waals surface area contributed by atoms with Crippen molar-refractivity contribution < 1.29 is 14.3 Å². The average molecular weight is 354 g/mol. The lowest BCUT2D eigenvalue weighted by atomic mass is 9.94. The number of hydrogen-bond donors (Lipinski definition) is 0. The maximum absolute atomic E-state index is 13.0. The molecule has 0 aliphatic carbocycles. The van der Waals surface area contributed by atoms with Crippen LogP contribution in [0.2, 0.25) is 5.02 Å². The summed E-state index contributed by atoms with van der Waals surface area (Å²) in [5, 5.41) is 9.45. The van der Waals surface area contributed by atoms with Crippen LogP contribution in [0.5, 0.6) is 0 Å². The van der Waals surface area contributed by atoms with Crippen LogP contribution in [0, 0.1) is 11.3 Å². The number of urea groups is 1. The molecule has 0 radical (unpaired) electrons. The summed E-state index contributed by atoms with van der Waals surface area (Å²) in [7, 11) is 0. The molecule has 2 saturated heterocycles. The summed E-state index contributed by atoms with van der Waals surface area (Å²) in [5.74, 6) is -0.330. The van der Waals surface area contributed by atoms with Crippen LogP contribution >= 0.6 is 11.6 Å². The van der Waals surface area contributed by atoms with Gasteiger partial charge in [-0.1, -0.05) is 11.6 Å². The van der Waals surface area contributed by atoms with E-state index in [1.165, 1.54) is 4.90 Å². The molecule has 0 bridgehead atoms. The first-order valence-corrected chi connectivity index (χ1v) is 7.97. The Labute approximate surface area is 148 Å². The zero-order chi connectivity index (χ0) is 17.6. The van der Waals surface area contributed by atoms with E-state index in [4.69, 9.17) is 21.6 Å². The van der Waals surface area contributed by atoms with Gasteiger partial charge in [-0.2, -0.15) is 5.26 Å². The van der Waals surface area contributed by atoms with Gasteiger partial charge in [0.2, 0.25) is 0 Å². The number of hydrogen-bond acceptors (Lipinski definition) is 4. The normalized spacial score (nSPS) is 18.4. The Balaban J connectivity index is 1.78. The number of carbonyl (C=O) groups is 2. The van der Waals surface area contributed by atoms with E-state index < -0.39 is 11.6 Å². The molecule has 0 saturated carbocycles. The third-order valence-electron chi connectivity index (χ3n) is 4.43. The summed E-state index contributed by atoms with van der Waals surface area (Å²) in [4.78, 5) is 28.7. The smallest absolute Gasteiger partial charge is 0.337 e. The second kappa shape index (κ2) is 5.59. The summed E-state index contributed by atoms with van der Waals surface area (Å²) in [6.45, 7) is 0.292. The van der Waals surface area contributed by atoms with Crippen molar-refractivity contribution >= 4 is 34.9 Å². The van der Waals surface area contributed by atoms with E-state index in [2.05, 4.69) is 0 Å². The third kappa shape index (κ3) is 2.21. The Hall–Kier alpha value is -2.88. The minimum Gasteiger partial charge on any atom is -0.375 e. The van der Waals surface area contributed by atoms with Crippen LogP contribution in [-0.2, 0) is 9.53 Å². The number of nitriles is 1. The summed E-state index contributed by atoms with van der Waals surface area (Å²) in [5.41, 5.74) is 0.441. The monoisotopic (exact) mass is 353 g/mol. The van der Waals surface area contributed by atoms with E-state index in [1.54, 1.807) is 48.5 Å². The summed E-state index contributed by atoms with van der Waals surface area (Å²) in [6, 6.07) is 14.7. The van der Waals surface area contributed by atoms with Crippen LogP contribution < -0.4 is 9.80 Å². The van der Waals surface area contributed by atoms with Gasteiger partial charge in [0.1, 0.15) is 0 Å². The van der Waals surface area contributed by atoms with Crippen molar-refractivity contribution in [3.05, 3.63) is 59.1 Å². The fourth-order valence-corrected chi connectivity index (χ4v) is 3.21. The Kier molecular flexibility index (Phi) is 3.49. The van der Waals surface area contributed by atoms with Gasteiger partial charge in [0, 0.05) is 10.7 Å². The van der Waals surface area contributed by atoms with Crippen molar-refractivity contribution in [2.24, 2.45) is 0 Å². The highest BCUT2D eigenvalue weighted by Gasteiger charge is 2.62. The topological polar surface area (TPSA) is 73.6 Å². The van der Waals surface area contributed by atoms with E-state index in [-0.39, 0.29) is 19.1 Å². The van der Waals surface area contributed by atoms with Crippen LogP contribution in [0.3, 0.4) is 0 Å². The Morgan fingerprint density at radius 3 is 2.12 bits per heavy atom. The molecule has 4 rings (SSSR count). The summed E-state index contributed by atoms with van der Waals surface area (Å²) >= 11 is 5.92. The lowest BCUT2D eigenvalue weighted by Gasteiger charge is -2.41. The van der Waals surface area contributed by atoms with Crippen LogP contribution in [-0.4, -0.2) is 30.7 Å². The van der Waals surface area contributed by atoms with Crippen molar-refractivity contribution in [2.45, 2.75) is 5.54 Å². The standard InChI is InChI=1S/C18H12ClN3O3/c19-13-3-7-15(8-4-13)22-17(24)21(16(23)18(22)10-25-11-18)14-5-1-12(9-20)2-6-14/h1-8H,10-11H2. The maximum atomic E-state index is 13.0. The van der Waals surface area contributed by atoms with Gasteiger partial charge in [-0.15, -0.1) is 0 Å². The van der Waals surface area contributed by atoms with Crippen LogP contribution in [0.25, 0.3) is 0 Å². The first-order valence-electron chi connectivity index (χ1n) is 7.59.